The highest BCUT2D eigenvalue weighted by atomic mass is 16.5. The number of carbonyl (C=O) groups excluding carboxylic acids is 1. The molecule has 0 unspecified atom stereocenters. The maximum absolute atomic E-state index is 13.6. The van der Waals surface area contributed by atoms with Crippen LogP contribution in [0.4, 0.5) is 5.69 Å². The summed E-state index contributed by atoms with van der Waals surface area (Å²) >= 11 is 0. The van der Waals surface area contributed by atoms with Gasteiger partial charge in [-0.3, -0.25) is 14.4 Å². The van der Waals surface area contributed by atoms with Crippen molar-refractivity contribution in [2.24, 2.45) is 7.05 Å². The number of ether oxygens (including phenoxy) is 1. The third-order valence-electron chi connectivity index (χ3n) is 7.55. The van der Waals surface area contributed by atoms with Gasteiger partial charge in [0.25, 0.3) is 5.91 Å². The number of amides is 1. The Bertz CT molecular complexity index is 1520. The first-order valence-corrected chi connectivity index (χ1v) is 13.3. The normalized spacial score (nSPS) is 13.8. The SMILES string of the molecule is COc1c(CN2CCC2)cc(C(C)(C)C)cc1NC(=O)c1ccc(C)c(-n2cc(-c3cnn(C)c3C)nn2)c1. The monoisotopic (exact) mass is 527 g/mol. The first-order chi connectivity index (χ1) is 18.5. The maximum Gasteiger partial charge on any atom is 0.255 e. The Hall–Kier alpha value is -3.98. The van der Waals surface area contributed by atoms with Crippen molar-refractivity contribution < 1.29 is 9.53 Å². The second kappa shape index (κ2) is 10.3. The standard InChI is InChI=1S/C30H37N7O2/c1-19-9-10-21(14-27(19)37-18-26(33-34-37)24-16-31-35(6)20(24)2)29(38)32-25-15-23(30(3,4)5)13-22(28(25)39-7)17-36-11-8-12-36/h9-10,13-16,18H,8,11-12,17H2,1-7H3,(H,32,38). The number of hydrogen-bond acceptors (Lipinski definition) is 6. The van der Waals surface area contributed by atoms with Crippen LogP contribution in [0, 0.1) is 13.8 Å². The highest BCUT2D eigenvalue weighted by Crippen LogP contribution is 2.37. The number of benzene rings is 2. The zero-order valence-corrected chi connectivity index (χ0v) is 23.9. The van der Waals surface area contributed by atoms with Gasteiger partial charge in [-0.1, -0.05) is 38.1 Å². The Labute approximate surface area is 229 Å². The molecule has 1 aliphatic heterocycles. The molecule has 3 heterocycles. The lowest BCUT2D eigenvalue weighted by atomic mass is 9.85. The summed E-state index contributed by atoms with van der Waals surface area (Å²) in [6.07, 6.45) is 4.87. The van der Waals surface area contributed by atoms with Gasteiger partial charge in [0.2, 0.25) is 0 Å². The van der Waals surface area contributed by atoms with Crippen LogP contribution >= 0.6 is 0 Å². The largest absolute Gasteiger partial charge is 0.494 e. The quantitative estimate of drug-likeness (QED) is 0.362. The van der Waals surface area contributed by atoms with Crippen LogP contribution in [0.1, 0.15) is 59.9 Å². The number of carbonyl (C=O) groups is 1. The minimum Gasteiger partial charge on any atom is -0.494 e. The zero-order chi connectivity index (χ0) is 27.9. The molecule has 2 aromatic heterocycles. The number of methoxy groups -OCH3 is 1. The highest BCUT2D eigenvalue weighted by molar-refractivity contribution is 6.05. The van der Waals surface area contributed by atoms with Crippen LogP contribution in [-0.2, 0) is 19.0 Å². The van der Waals surface area contributed by atoms with E-state index in [1.807, 2.05) is 56.0 Å². The second-order valence-corrected chi connectivity index (χ2v) is 11.4. The lowest BCUT2D eigenvalue weighted by Crippen LogP contribution is -2.36. The van der Waals surface area contributed by atoms with E-state index in [1.54, 1.807) is 18.0 Å². The van der Waals surface area contributed by atoms with Gasteiger partial charge in [-0.2, -0.15) is 5.10 Å². The zero-order valence-electron chi connectivity index (χ0n) is 23.9. The molecule has 0 spiro atoms. The molecule has 9 heteroatoms. The van der Waals surface area contributed by atoms with Crippen molar-refractivity contribution in [3.63, 3.8) is 0 Å². The van der Waals surface area contributed by atoms with Crippen LogP contribution < -0.4 is 10.1 Å². The fourth-order valence-corrected chi connectivity index (χ4v) is 4.80. The Morgan fingerprint density at radius 1 is 1.13 bits per heavy atom. The van der Waals surface area contributed by atoms with Crippen LogP contribution in [0.3, 0.4) is 0 Å². The van der Waals surface area contributed by atoms with E-state index in [9.17, 15) is 4.79 Å². The summed E-state index contributed by atoms with van der Waals surface area (Å²) in [4.78, 5) is 16.0. The van der Waals surface area contributed by atoms with E-state index < -0.39 is 0 Å². The number of aromatic nitrogens is 5. The molecule has 1 saturated heterocycles. The van der Waals surface area contributed by atoms with Gasteiger partial charge in [0, 0.05) is 36.0 Å². The number of likely N-dealkylation sites (tertiary alicyclic amines) is 1. The molecule has 1 N–H and O–H groups in total. The van der Waals surface area contributed by atoms with Gasteiger partial charge in [-0.15, -0.1) is 5.10 Å². The van der Waals surface area contributed by atoms with Crippen LogP contribution in [-0.4, -0.2) is 55.8 Å². The van der Waals surface area contributed by atoms with Crippen molar-refractivity contribution >= 4 is 11.6 Å². The lowest BCUT2D eigenvalue weighted by Gasteiger charge is -2.32. The van der Waals surface area contributed by atoms with Crippen LogP contribution in [0.5, 0.6) is 5.75 Å². The molecule has 4 aromatic rings. The molecule has 1 amide bonds. The predicted octanol–water partition coefficient (Wildman–Crippen LogP) is 5.05. The van der Waals surface area contributed by atoms with E-state index in [4.69, 9.17) is 4.74 Å². The molecule has 1 aliphatic rings. The van der Waals surface area contributed by atoms with E-state index in [0.29, 0.717) is 17.0 Å². The molecule has 1 fully saturated rings. The fraction of sp³-hybridized carbons (Fsp3) is 0.400. The predicted molar refractivity (Wildman–Crippen MR) is 153 cm³/mol. The average Bonchev–Trinajstić information content (AvgIpc) is 3.47. The summed E-state index contributed by atoms with van der Waals surface area (Å²) in [5, 5.41) is 16.2. The summed E-state index contributed by atoms with van der Waals surface area (Å²) in [6.45, 7) is 13.5. The molecule has 0 saturated carbocycles. The molecule has 9 nitrogen and oxygen atoms in total. The number of hydrogen-bond donors (Lipinski definition) is 1. The molecule has 0 atom stereocenters. The van der Waals surface area contributed by atoms with Crippen molar-refractivity contribution in [1.29, 1.82) is 0 Å². The van der Waals surface area contributed by atoms with Crippen molar-refractivity contribution in [2.75, 3.05) is 25.5 Å². The van der Waals surface area contributed by atoms with E-state index in [-0.39, 0.29) is 11.3 Å². The molecule has 5 rings (SSSR count). The number of nitrogens with zero attached hydrogens (tertiary/aromatic N) is 6. The number of anilines is 1. The van der Waals surface area contributed by atoms with Gasteiger partial charge in [-0.05, 0) is 68.1 Å². The molecule has 39 heavy (non-hydrogen) atoms. The topological polar surface area (TPSA) is 90.1 Å². The van der Waals surface area contributed by atoms with E-state index >= 15 is 0 Å². The maximum atomic E-state index is 13.6. The third-order valence-corrected chi connectivity index (χ3v) is 7.55. The van der Waals surface area contributed by atoms with Crippen molar-refractivity contribution in [3.8, 4) is 22.7 Å². The third kappa shape index (κ3) is 5.31. The lowest BCUT2D eigenvalue weighted by molar-refractivity contribution is 0.102. The first-order valence-electron chi connectivity index (χ1n) is 13.3. The van der Waals surface area contributed by atoms with Crippen molar-refractivity contribution in [2.45, 2.75) is 53.0 Å². The average molecular weight is 528 g/mol. The number of aryl methyl sites for hydroxylation is 2. The summed E-state index contributed by atoms with van der Waals surface area (Å²) in [6, 6.07) is 9.85. The fourth-order valence-electron chi connectivity index (χ4n) is 4.80. The summed E-state index contributed by atoms with van der Waals surface area (Å²) in [5.74, 6) is 0.502. The Kier molecular flexibility index (Phi) is 7.03. The first kappa shape index (κ1) is 26.6. The summed E-state index contributed by atoms with van der Waals surface area (Å²) in [5.41, 5.74) is 7.80. The molecule has 0 radical (unpaired) electrons. The van der Waals surface area contributed by atoms with Gasteiger partial charge in [-0.25, -0.2) is 4.68 Å². The van der Waals surface area contributed by atoms with Gasteiger partial charge in [0.15, 0.2) is 0 Å². The van der Waals surface area contributed by atoms with Crippen LogP contribution in [0.25, 0.3) is 16.9 Å². The summed E-state index contributed by atoms with van der Waals surface area (Å²) in [7, 11) is 3.56. The molecule has 2 aromatic carbocycles. The Morgan fingerprint density at radius 3 is 2.51 bits per heavy atom. The number of nitrogens with one attached hydrogen (secondary N) is 1. The Morgan fingerprint density at radius 2 is 1.90 bits per heavy atom. The van der Waals surface area contributed by atoms with Crippen LogP contribution in [0.15, 0.2) is 42.7 Å². The summed E-state index contributed by atoms with van der Waals surface area (Å²) < 4.78 is 9.36. The minimum absolute atomic E-state index is 0.0795. The van der Waals surface area contributed by atoms with E-state index in [1.165, 1.54) is 6.42 Å². The second-order valence-electron chi connectivity index (χ2n) is 11.4. The van der Waals surface area contributed by atoms with Crippen molar-refractivity contribution in [3.05, 3.63) is 70.7 Å². The van der Waals surface area contributed by atoms with Gasteiger partial charge >= 0.3 is 0 Å². The van der Waals surface area contributed by atoms with E-state index in [2.05, 4.69) is 52.5 Å². The number of rotatable bonds is 7. The minimum atomic E-state index is -0.209. The molecule has 0 bridgehead atoms. The Balaban J connectivity index is 1.46. The van der Waals surface area contributed by atoms with E-state index in [0.717, 1.165) is 59.0 Å². The highest BCUT2D eigenvalue weighted by Gasteiger charge is 2.24. The van der Waals surface area contributed by atoms with Gasteiger partial charge < -0.3 is 10.1 Å². The molecular formula is C30H37N7O2. The molecule has 0 aliphatic carbocycles. The van der Waals surface area contributed by atoms with Crippen LogP contribution in [0.2, 0.25) is 0 Å². The molecule has 204 valence electrons. The van der Waals surface area contributed by atoms with Gasteiger partial charge in [0.05, 0.1) is 30.9 Å². The van der Waals surface area contributed by atoms with Crippen molar-refractivity contribution in [1.82, 2.24) is 29.7 Å². The smallest absolute Gasteiger partial charge is 0.255 e. The molecular weight excluding hydrogens is 490 g/mol. The van der Waals surface area contributed by atoms with Gasteiger partial charge in [0.1, 0.15) is 11.4 Å².